The number of hydrogen-bond donors (Lipinski definition) is 0. The summed E-state index contributed by atoms with van der Waals surface area (Å²) in [6, 6.07) is 41.9. The van der Waals surface area contributed by atoms with Crippen molar-refractivity contribution < 1.29 is 0 Å². The maximum Gasteiger partial charge on any atom is 0.0713 e. The first-order valence-electron chi connectivity index (χ1n) is 14.7. The van der Waals surface area contributed by atoms with E-state index in [0.29, 0.717) is 0 Å². The largest absolute Gasteiger partial charge is 0.0713 e. The minimum absolute atomic E-state index is 0.397. The van der Waals surface area contributed by atoms with Crippen LogP contribution >= 0.6 is 0 Å². The molecule has 0 amide bonds. The molecule has 6 aromatic rings. The predicted molar refractivity (Wildman–Crippen MR) is 175 cm³/mol. The van der Waals surface area contributed by atoms with Gasteiger partial charge in [0.1, 0.15) is 0 Å². The average Bonchev–Trinajstić information content (AvgIpc) is 3.24. The summed E-state index contributed by atoms with van der Waals surface area (Å²) >= 11 is 0. The van der Waals surface area contributed by atoms with Crippen LogP contribution in [0.25, 0.3) is 33.0 Å². The molecule has 6 aromatic carbocycles. The van der Waals surface area contributed by atoms with E-state index in [2.05, 4.69) is 151 Å². The lowest BCUT2D eigenvalue weighted by Crippen LogP contribution is -2.28. The Morgan fingerprint density at radius 3 is 1.56 bits per heavy atom. The fraction of sp³-hybridized carbons (Fsp3) is 0.171. The second-order valence-electron chi connectivity index (χ2n) is 12.2. The summed E-state index contributed by atoms with van der Waals surface area (Å²) in [5.41, 5.74) is 18.1. The van der Waals surface area contributed by atoms with Crippen LogP contribution in [-0.2, 0) is 5.41 Å². The summed E-state index contributed by atoms with van der Waals surface area (Å²) in [5, 5.41) is 2.69. The van der Waals surface area contributed by atoms with Crippen molar-refractivity contribution in [3.05, 3.63) is 165 Å². The van der Waals surface area contributed by atoms with Gasteiger partial charge in [-0.25, -0.2) is 0 Å². The van der Waals surface area contributed by atoms with Crippen LogP contribution in [0.15, 0.2) is 109 Å². The van der Waals surface area contributed by atoms with E-state index in [-0.39, 0.29) is 0 Å². The number of fused-ring (bicyclic) bond motifs is 4. The minimum atomic E-state index is -0.397. The molecule has 0 N–H and O–H groups in total. The lowest BCUT2D eigenvalue weighted by Gasteiger charge is -2.34. The molecule has 0 heterocycles. The Morgan fingerprint density at radius 2 is 0.927 bits per heavy atom. The highest BCUT2D eigenvalue weighted by molar-refractivity contribution is 5.95. The Labute approximate surface area is 244 Å². The Balaban J connectivity index is 1.57. The van der Waals surface area contributed by atoms with E-state index in [1.807, 2.05) is 0 Å². The third-order valence-electron chi connectivity index (χ3n) is 9.33. The number of aryl methyl sites for hydroxylation is 6. The molecule has 0 bridgehead atoms. The molecule has 0 saturated carbocycles. The summed E-state index contributed by atoms with van der Waals surface area (Å²) in [7, 11) is 0. The van der Waals surface area contributed by atoms with Crippen LogP contribution in [0.2, 0.25) is 0 Å². The fourth-order valence-electron chi connectivity index (χ4n) is 7.26. The average molecular weight is 529 g/mol. The lowest BCUT2D eigenvalue weighted by atomic mass is 9.67. The van der Waals surface area contributed by atoms with Gasteiger partial charge in [0.05, 0.1) is 5.41 Å². The number of benzene rings is 6. The zero-order chi connectivity index (χ0) is 28.5. The van der Waals surface area contributed by atoms with Crippen LogP contribution in [0.4, 0.5) is 0 Å². The van der Waals surface area contributed by atoms with Crippen LogP contribution < -0.4 is 0 Å². The third-order valence-corrected chi connectivity index (χ3v) is 9.33. The van der Waals surface area contributed by atoms with Gasteiger partial charge in [-0.2, -0.15) is 0 Å². The van der Waals surface area contributed by atoms with Crippen LogP contribution in [0, 0.1) is 41.5 Å². The standard InChI is InChI=1S/C41H36/c1-25-7-13-32(14-8-25)41(33-15-9-26(2)10-16-33)39-23-27(3)11-17-36(39)37-18-12-31(24-40(37)41)35-20-19-34-29(5)21-28(4)22-38(34)30(35)6/h7-24H,1-6H3. The van der Waals surface area contributed by atoms with Crippen molar-refractivity contribution in [2.24, 2.45) is 0 Å². The molecule has 0 spiro atoms. The van der Waals surface area contributed by atoms with Gasteiger partial charge < -0.3 is 0 Å². The van der Waals surface area contributed by atoms with E-state index in [1.54, 1.807) is 0 Å². The van der Waals surface area contributed by atoms with Crippen LogP contribution in [0.1, 0.15) is 55.6 Å². The molecule has 0 radical (unpaired) electrons. The molecule has 0 nitrogen and oxygen atoms in total. The van der Waals surface area contributed by atoms with Gasteiger partial charge in [0.15, 0.2) is 0 Å². The van der Waals surface area contributed by atoms with Gasteiger partial charge in [-0.3, -0.25) is 0 Å². The topological polar surface area (TPSA) is 0 Å². The van der Waals surface area contributed by atoms with Crippen molar-refractivity contribution in [3.8, 4) is 22.3 Å². The second kappa shape index (κ2) is 9.32. The molecule has 41 heavy (non-hydrogen) atoms. The Bertz CT molecular complexity index is 1920. The third kappa shape index (κ3) is 3.81. The van der Waals surface area contributed by atoms with Gasteiger partial charge in [0, 0.05) is 0 Å². The molecule has 0 unspecified atom stereocenters. The SMILES string of the molecule is Cc1ccc(C2(c3ccc(C)cc3)c3cc(C)ccc3-c3ccc(-c4ccc5c(C)cc(C)cc5c4C)cc32)cc1. The maximum absolute atomic E-state index is 2.49. The highest BCUT2D eigenvalue weighted by Gasteiger charge is 2.46. The molecular formula is C41H36. The van der Waals surface area contributed by atoms with Gasteiger partial charge in [-0.1, -0.05) is 125 Å². The van der Waals surface area contributed by atoms with E-state index >= 15 is 0 Å². The first-order chi connectivity index (χ1) is 19.8. The van der Waals surface area contributed by atoms with E-state index < -0.39 is 5.41 Å². The van der Waals surface area contributed by atoms with E-state index in [9.17, 15) is 0 Å². The van der Waals surface area contributed by atoms with Crippen molar-refractivity contribution in [1.29, 1.82) is 0 Å². The zero-order valence-corrected chi connectivity index (χ0v) is 24.9. The lowest BCUT2D eigenvalue weighted by molar-refractivity contribution is 0.767. The monoisotopic (exact) mass is 528 g/mol. The minimum Gasteiger partial charge on any atom is -0.0590 e. The highest BCUT2D eigenvalue weighted by Crippen LogP contribution is 2.57. The van der Waals surface area contributed by atoms with Crippen molar-refractivity contribution in [2.45, 2.75) is 47.0 Å². The summed E-state index contributed by atoms with van der Waals surface area (Å²) in [6.45, 7) is 13.3. The van der Waals surface area contributed by atoms with E-state index in [1.165, 1.54) is 88.7 Å². The molecule has 0 aromatic heterocycles. The summed E-state index contributed by atoms with van der Waals surface area (Å²) in [6.07, 6.45) is 0. The molecule has 0 saturated heterocycles. The van der Waals surface area contributed by atoms with Crippen molar-refractivity contribution in [1.82, 2.24) is 0 Å². The van der Waals surface area contributed by atoms with Gasteiger partial charge in [-0.15, -0.1) is 0 Å². The quantitative estimate of drug-likeness (QED) is 0.214. The van der Waals surface area contributed by atoms with Crippen molar-refractivity contribution >= 4 is 10.8 Å². The first kappa shape index (κ1) is 25.5. The maximum atomic E-state index is 2.49. The Morgan fingerprint density at radius 1 is 0.390 bits per heavy atom. The van der Waals surface area contributed by atoms with Crippen molar-refractivity contribution in [2.75, 3.05) is 0 Å². The van der Waals surface area contributed by atoms with Crippen LogP contribution in [0.3, 0.4) is 0 Å². The smallest absolute Gasteiger partial charge is 0.0590 e. The molecular weight excluding hydrogens is 492 g/mol. The van der Waals surface area contributed by atoms with Gasteiger partial charge in [0.25, 0.3) is 0 Å². The molecule has 0 heteroatoms. The van der Waals surface area contributed by atoms with E-state index in [0.717, 1.165) is 0 Å². The molecule has 200 valence electrons. The first-order valence-corrected chi connectivity index (χ1v) is 14.7. The van der Waals surface area contributed by atoms with E-state index in [4.69, 9.17) is 0 Å². The molecule has 0 fully saturated rings. The molecule has 0 aliphatic heterocycles. The van der Waals surface area contributed by atoms with Gasteiger partial charge >= 0.3 is 0 Å². The zero-order valence-electron chi connectivity index (χ0n) is 24.9. The molecule has 1 aliphatic rings. The fourth-order valence-corrected chi connectivity index (χ4v) is 7.26. The summed E-state index contributed by atoms with van der Waals surface area (Å²) < 4.78 is 0. The van der Waals surface area contributed by atoms with Gasteiger partial charge in [0.2, 0.25) is 0 Å². The Hall–Kier alpha value is -4.42. The van der Waals surface area contributed by atoms with Crippen molar-refractivity contribution in [3.63, 3.8) is 0 Å². The second-order valence-corrected chi connectivity index (χ2v) is 12.2. The van der Waals surface area contributed by atoms with Crippen LogP contribution in [-0.4, -0.2) is 0 Å². The normalized spacial score (nSPS) is 13.3. The summed E-state index contributed by atoms with van der Waals surface area (Å²) in [5.74, 6) is 0. The molecule has 0 atom stereocenters. The highest BCUT2D eigenvalue weighted by atomic mass is 14.5. The predicted octanol–water partition coefficient (Wildman–Crippen LogP) is 10.7. The summed E-state index contributed by atoms with van der Waals surface area (Å²) in [4.78, 5) is 0. The molecule has 1 aliphatic carbocycles. The Kier molecular flexibility index (Phi) is 5.80. The van der Waals surface area contributed by atoms with Gasteiger partial charge in [-0.05, 0) is 114 Å². The van der Waals surface area contributed by atoms with Crippen LogP contribution in [0.5, 0.6) is 0 Å². The number of hydrogen-bond acceptors (Lipinski definition) is 0. The number of rotatable bonds is 3. The molecule has 7 rings (SSSR count).